The van der Waals surface area contributed by atoms with Gasteiger partial charge in [0.1, 0.15) is 23.1 Å². The number of fused-ring (bicyclic) bond motifs is 2. The lowest BCUT2D eigenvalue weighted by atomic mass is 10.0. The third kappa shape index (κ3) is 6.84. The Bertz CT molecular complexity index is 2060. The van der Waals surface area contributed by atoms with Gasteiger partial charge in [-0.15, -0.1) is 0 Å². The molecule has 2 unspecified atom stereocenters. The number of hydrogen-bond donors (Lipinski definition) is 2. The van der Waals surface area contributed by atoms with Crippen molar-refractivity contribution in [2.75, 3.05) is 62.2 Å². The first-order valence-corrected chi connectivity index (χ1v) is 17.9. The summed E-state index contributed by atoms with van der Waals surface area (Å²) < 4.78 is 0. The molecule has 0 radical (unpaired) electrons. The number of benzene rings is 4. The fourth-order valence-electron chi connectivity index (χ4n) is 7.36. The topological polar surface area (TPSA) is 122 Å². The van der Waals surface area contributed by atoms with Crippen molar-refractivity contribution in [3.63, 3.8) is 0 Å². The van der Waals surface area contributed by atoms with Gasteiger partial charge in [0.25, 0.3) is 0 Å². The van der Waals surface area contributed by atoms with Crippen LogP contribution in [0.2, 0.25) is 0 Å². The van der Waals surface area contributed by atoms with Crippen LogP contribution in [0.4, 0.5) is 11.6 Å². The van der Waals surface area contributed by atoms with Gasteiger partial charge in [-0.25, -0.2) is 9.97 Å². The average molecular weight is 695 g/mol. The minimum atomic E-state index is -0.181. The maximum absolute atomic E-state index is 13.8. The van der Waals surface area contributed by atoms with Gasteiger partial charge in [0.2, 0.25) is 0 Å². The summed E-state index contributed by atoms with van der Waals surface area (Å²) in [4.78, 5) is 42.2. The predicted molar refractivity (Wildman–Crippen MR) is 205 cm³/mol. The highest BCUT2D eigenvalue weighted by Crippen LogP contribution is 2.28. The highest BCUT2D eigenvalue weighted by atomic mass is 16.3. The van der Waals surface area contributed by atoms with Crippen molar-refractivity contribution in [2.45, 2.75) is 25.9 Å². The Morgan fingerprint density at radius 2 is 0.885 bits per heavy atom. The summed E-state index contributed by atoms with van der Waals surface area (Å²) in [6, 6.07) is 26.1. The first-order valence-electron chi connectivity index (χ1n) is 17.9. The minimum absolute atomic E-state index is 0.181. The van der Waals surface area contributed by atoms with Crippen molar-refractivity contribution < 1.29 is 15.0 Å². The van der Waals surface area contributed by atoms with E-state index in [2.05, 4.69) is 29.6 Å². The van der Waals surface area contributed by atoms with E-state index in [1.54, 1.807) is 24.3 Å². The van der Waals surface area contributed by atoms with E-state index in [4.69, 9.17) is 9.97 Å². The van der Waals surface area contributed by atoms with Crippen LogP contribution in [0.15, 0.2) is 97.3 Å². The fourth-order valence-corrected chi connectivity index (χ4v) is 7.36. The van der Waals surface area contributed by atoms with Crippen molar-refractivity contribution in [2.24, 2.45) is 0 Å². The molecular weight excluding hydrogens is 653 g/mol. The van der Waals surface area contributed by atoms with Crippen molar-refractivity contribution in [3.05, 3.63) is 97.3 Å². The second-order valence-electron chi connectivity index (χ2n) is 13.8. The van der Waals surface area contributed by atoms with Gasteiger partial charge in [0, 0.05) is 52.4 Å². The largest absolute Gasteiger partial charge is 0.508 e. The van der Waals surface area contributed by atoms with Crippen LogP contribution in [0.3, 0.4) is 0 Å². The smallest absolute Gasteiger partial charge is 0.166 e. The molecule has 0 spiro atoms. The molecule has 6 aromatic rings. The number of Topliss-reactive ketones (excluding diaryl/α,β-unsaturated/α-hetero) is 1. The van der Waals surface area contributed by atoms with E-state index < -0.39 is 0 Å². The Morgan fingerprint density at radius 3 is 1.27 bits per heavy atom. The molecule has 264 valence electrons. The molecule has 2 aliphatic rings. The Hall–Kier alpha value is -5.65. The second kappa shape index (κ2) is 14.2. The molecule has 4 heterocycles. The van der Waals surface area contributed by atoms with Gasteiger partial charge in [0.05, 0.1) is 46.5 Å². The summed E-state index contributed by atoms with van der Waals surface area (Å²) in [7, 11) is 0. The molecule has 2 N–H and O–H groups in total. The number of carbonyl (C=O) groups is 1. The number of carbonyl (C=O) groups excluding carboxylic acids is 1. The number of aromatic hydroxyl groups is 2. The molecule has 52 heavy (non-hydrogen) atoms. The zero-order valence-corrected chi connectivity index (χ0v) is 29.4. The summed E-state index contributed by atoms with van der Waals surface area (Å²) in [6.07, 6.45) is 3.68. The Labute approximate surface area is 302 Å². The Morgan fingerprint density at radius 1 is 0.519 bits per heavy atom. The molecule has 2 aliphatic heterocycles. The lowest BCUT2D eigenvalue weighted by molar-refractivity contribution is -0.128. The molecule has 2 aromatic heterocycles. The standard InChI is InChI=1S/C41H42N8O3/c1-27(46-15-19-48(20-16-46)39-25-42-35-13-7-31(23-37(35)44-39)29-3-9-33(50)10-4-29)41(52)28(2)47-17-21-49(22-18-47)40-26-43-36-14-8-32(24-38(36)45-40)30-5-11-34(51)12-6-30/h3-14,23-28,50-51H,15-22H2,1-2H3. The SMILES string of the molecule is CC(C(=O)C(C)N1CCN(c2cnc3ccc(-c4ccc(O)cc4)cc3n2)CC1)N1CCN(c2cnc3ccc(-c4ccc(O)cc4)cc3n2)CC1. The summed E-state index contributed by atoms with van der Waals surface area (Å²) in [6.45, 7) is 10.3. The van der Waals surface area contributed by atoms with Crippen LogP contribution in [0.25, 0.3) is 44.3 Å². The third-order valence-electron chi connectivity index (χ3n) is 10.7. The van der Waals surface area contributed by atoms with Crippen LogP contribution in [0.1, 0.15) is 13.8 Å². The van der Waals surface area contributed by atoms with Gasteiger partial charge in [-0.05, 0) is 84.6 Å². The van der Waals surface area contributed by atoms with Crippen LogP contribution in [0.5, 0.6) is 11.5 Å². The Kier molecular flexibility index (Phi) is 9.12. The first-order chi connectivity index (χ1) is 25.3. The summed E-state index contributed by atoms with van der Waals surface area (Å²) in [5.41, 5.74) is 7.40. The molecule has 11 nitrogen and oxygen atoms in total. The molecule has 2 saturated heterocycles. The number of phenolic OH excluding ortho intramolecular Hbond substituents is 2. The Balaban J connectivity index is 0.858. The zero-order chi connectivity index (χ0) is 35.8. The van der Waals surface area contributed by atoms with E-state index in [0.717, 1.165) is 108 Å². The van der Waals surface area contributed by atoms with Crippen molar-refractivity contribution in [1.29, 1.82) is 0 Å². The summed E-state index contributed by atoms with van der Waals surface area (Å²) >= 11 is 0. The van der Waals surface area contributed by atoms with E-state index in [0.29, 0.717) is 0 Å². The van der Waals surface area contributed by atoms with Gasteiger partial charge in [-0.3, -0.25) is 24.6 Å². The highest BCUT2D eigenvalue weighted by Gasteiger charge is 2.33. The number of ketones is 1. The first kappa shape index (κ1) is 33.5. The van der Waals surface area contributed by atoms with Crippen LogP contribution >= 0.6 is 0 Å². The average Bonchev–Trinajstić information content (AvgIpc) is 3.20. The number of aromatic nitrogens is 4. The van der Waals surface area contributed by atoms with Crippen molar-refractivity contribution >= 4 is 39.5 Å². The second-order valence-corrected chi connectivity index (χ2v) is 13.8. The maximum Gasteiger partial charge on any atom is 0.166 e. The zero-order valence-electron chi connectivity index (χ0n) is 29.4. The van der Waals surface area contributed by atoms with Gasteiger partial charge in [-0.2, -0.15) is 0 Å². The van der Waals surface area contributed by atoms with Crippen molar-refractivity contribution in [1.82, 2.24) is 29.7 Å². The van der Waals surface area contributed by atoms with Crippen LogP contribution in [0, 0.1) is 0 Å². The molecule has 0 bridgehead atoms. The molecule has 2 atom stereocenters. The van der Waals surface area contributed by atoms with E-state index >= 15 is 0 Å². The quantitative estimate of drug-likeness (QED) is 0.207. The van der Waals surface area contributed by atoms with Crippen LogP contribution < -0.4 is 9.80 Å². The number of piperazine rings is 2. The summed E-state index contributed by atoms with van der Waals surface area (Å²) in [5.74, 6) is 2.42. The van der Waals surface area contributed by atoms with E-state index in [-0.39, 0.29) is 29.4 Å². The van der Waals surface area contributed by atoms with E-state index in [1.807, 2.05) is 86.9 Å². The van der Waals surface area contributed by atoms with Crippen molar-refractivity contribution in [3.8, 4) is 33.8 Å². The monoisotopic (exact) mass is 694 g/mol. The van der Waals surface area contributed by atoms with Gasteiger partial charge < -0.3 is 20.0 Å². The summed E-state index contributed by atoms with van der Waals surface area (Å²) in [5, 5.41) is 19.3. The lowest BCUT2D eigenvalue weighted by Gasteiger charge is -2.41. The number of nitrogens with zero attached hydrogens (tertiary/aromatic N) is 8. The fraction of sp³-hybridized carbons (Fsp3) is 0.293. The third-order valence-corrected chi connectivity index (χ3v) is 10.7. The van der Waals surface area contributed by atoms with Gasteiger partial charge in [-0.1, -0.05) is 36.4 Å². The number of anilines is 2. The molecule has 0 amide bonds. The number of rotatable bonds is 8. The minimum Gasteiger partial charge on any atom is -0.508 e. The van der Waals surface area contributed by atoms with E-state index in [9.17, 15) is 15.0 Å². The number of hydrogen-bond acceptors (Lipinski definition) is 11. The molecule has 2 fully saturated rings. The lowest BCUT2D eigenvalue weighted by Crippen LogP contribution is -2.57. The van der Waals surface area contributed by atoms with Gasteiger partial charge in [0.15, 0.2) is 5.78 Å². The molecule has 8 rings (SSSR count). The normalized spacial score (nSPS) is 17.0. The molecular formula is C41H42N8O3. The molecule has 0 saturated carbocycles. The molecule has 0 aliphatic carbocycles. The van der Waals surface area contributed by atoms with Crippen LogP contribution in [-0.2, 0) is 4.79 Å². The molecule has 11 heteroatoms. The number of phenols is 2. The van der Waals surface area contributed by atoms with Crippen LogP contribution in [-0.4, -0.2) is 110 Å². The maximum atomic E-state index is 13.8. The molecule has 4 aromatic carbocycles. The highest BCUT2D eigenvalue weighted by molar-refractivity contribution is 5.88. The van der Waals surface area contributed by atoms with E-state index in [1.165, 1.54) is 0 Å². The predicted octanol–water partition coefficient (Wildman–Crippen LogP) is 5.61. The van der Waals surface area contributed by atoms with Gasteiger partial charge >= 0.3 is 0 Å².